The van der Waals surface area contributed by atoms with E-state index in [0.29, 0.717) is 29.8 Å². The number of hydrogen-bond acceptors (Lipinski definition) is 7. The van der Waals surface area contributed by atoms with E-state index in [2.05, 4.69) is 25.6 Å². The summed E-state index contributed by atoms with van der Waals surface area (Å²) in [7, 11) is 0. The van der Waals surface area contributed by atoms with Gasteiger partial charge < -0.3 is 9.73 Å². The maximum Gasteiger partial charge on any atom is 0.276 e. The minimum atomic E-state index is -0.0129. The second-order valence-corrected chi connectivity index (χ2v) is 6.45. The predicted molar refractivity (Wildman–Crippen MR) is 92.7 cm³/mol. The molecule has 3 aromatic heterocycles. The number of pyridine rings is 1. The molecule has 8 nitrogen and oxygen atoms in total. The topological polar surface area (TPSA) is 98.7 Å². The van der Waals surface area contributed by atoms with Gasteiger partial charge in [0.1, 0.15) is 0 Å². The number of carbonyl (C=O) groups excluding carboxylic acids is 1. The molecular formula is C16H18N6O2S. The highest BCUT2D eigenvalue weighted by Crippen LogP contribution is 2.22. The van der Waals surface area contributed by atoms with Crippen LogP contribution in [0.2, 0.25) is 0 Å². The Bertz CT molecular complexity index is 790. The number of aromatic nitrogens is 5. The summed E-state index contributed by atoms with van der Waals surface area (Å²) in [5, 5.41) is 15.5. The van der Waals surface area contributed by atoms with E-state index in [-0.39, 0.29) is 11.9 Å². The van der Waals surface area contributed by atoms with Gasteiger partial charge in [-0.05, 0) is 25.1 Å². The van der Waals surface area contributed by atoms with Crippen LogP contribution in [0.1, 0.15) is 13.3 Å². The quantitative estimate of drug-likeness (QED) is 0.615. The summed E-state index contributed by atoms with van der Waals surface area (Å²) in [5.74, 6) is 1.00. The molecule has 0 aromatic carbocycles. The van der Waals surface area contributed by atoms with Gasteiger partial charge in [0, 0.05) is 48.6 Å². The Kier molecular flexibility index (Phi) is 5.78. The van der Waals surface area contributed by atoms with Crippen molar-refractivity contribution in [1.29, 1.82) is 0 Å². The van der Waals surface area contributed by atoms with E-state index in [1.54, 1.807) is 35.4 Å². The number of nitrogens with one attached hydrogen (secondary N) is 1. The monoisotopic (exact) mass is 358 g/mol. The van der Waals surface area contributed by atoms with Gasteiger partial charge in [-0.3, -0.25) is 14.5 Å². The minimum absolute atomic E-state index is 0.0129. The molecule has 0 unspecified atom stereocenters. The summed E-state index contributed by atoms with van der Waals surface area (Å²) in [6.07, 6.45) is 7.30. The second kappa shape index (κ2) is 8.43. The van der Waals surface area contributed by atoms with Gasteiger partial charge in [0.05, 0.1) is 6.54 Å². The Morgan fingerprint density at radius 3 is 2.92 bits per heavy atom. The van der Waals surface area contributed by atoms with E-state index in [1.807, 2.05) is 19.2 Å². The van der Waals surface area contributed by atoms with Gasteiger partial charge >= 0.3 is 0 Å². The number of thioether (sulfide) groups is 1. The van der Waals surface area contributed by atoms with Crippen LogP contribution in [-0.4, -0.2) is 42.7 Å². The van der Waals surface area contributed by atoms with Crippen molar-refractivity contribution in [3.8, 4) is 11.5 Å². The number of nitrogens with zero attached hydrogens (tertiary/aromatic N) is 5. The molecule has 3 rings (SSSR count). The van der Waals surface area contributed by atoms with Crippen LogP contribution in [0.25, 0.3) is 11.5 Å². The molecule has 0 saturated carbocycles. The normalized spacial score (nSPS) is 12.0. The highest BCUT2D eigenvalue weighted by atomic mass is 32.2. The molecule has 0 radical (unpaired) electrons. The zero-order chi connectivity index (χ0) is 17.5. The van der Waals surface area contributed by atoms with Crippen LogP contribution in [0, 0.1) is 0 Å². The maximum absolute atomic E-state index is 12.0. The summed E-state index contributed by atoms with van der Waals surface area (Å²) < 4.78 is 7.36. The average molecular weight is 358 g/mol. The SMILES string of the molecule is C[C@@H](Cn1cccn1)NC(=O)CCSc1nnc(-c2ccncc2)o1. The molecule has 9 heteroatoms. The van der Waals surface area contributed by atoms with Crippen molar-refractivity contribution in [2.24, 2.45) is 0 Å². The molecule has 1 N–H and O–H groups in total. The number of rotatable bonds is 8. The molecule has 0 aliphatic heterocycles. The molecule has 0 spiro atoms. The fourth-order valence-corrected chi connectivity index (χ4v) is 2.89. The minimum Gasteiger partial charge on any atom is -0.411 e. The Labute approximate surface area is 149 Å². The van der Waals surface area contributed by atoms with E-state index in [4.69, 9.17) is 4.42 Å². The molecular weight excluding hydrogens is 340 g/mol. The zero-order valence-electron chi connectivity index (χ0n) is 13.7. The standard InChI is InChI=1S/C16H18N6O2S/c1-12(11-22-9-2-6-18-22)19-14(23)5-10-25-16-21-20-15(24-16)13-3-7-17-8-4-13/h2-4,6-9,12H,5,10-11H2,1H3,(H,19,23)/t12-/m0/s1. The third-order valence-corrected chi connectivity index (χ3v) is 4.14. The first-order chi connectivity index (χ1) is 12.2. The van der Waals surface area contributed by atoms with Crippen LogP contribution < -0.4 is 5.32 Å². The molecule has 0 aliphatic carbocycles. The lowest BCUT2D eigenvalue weighted by molar-refractivity contribution is -0.121. The lowest BCUT2D eigenvalue weighted by atomic mass is 10.3. The van der Waals surface area contributed by atoms with Gasteiger partial charge in [-0.15, -0.1) is 10.2 Å². The van der Waals surface area contributed by atoms with Crippen molar-refractivity contribution in [2.75, 3.05) is 5.75 Å². The van der Waals surface area contributed by atoms with Crippen LogP contribution in [0.4, 0.5) is 0 Å². The molecule has 0 saturated heterocycles. The van der Waals surface area contributed by atoms with Crippen molar-refractivity contribution in [3.63, 3.8) is 0 Å². The summed E-state index contributed by atoms with van der Waals surface area (Å²) in [6, 6.07) is 5.47. The maximum atomic E-state index is 12.0. The summed E-state index contributed by atoms with van der Waals surface area (Å²) >= 11 is 1.36. The molecule has 0 aliphatic rings. The first-order valence-corrected chi connectivity index (χ1v) is 8.83. The number of carbonyl (C=O) groups is 1. The summed E-state index contributed by atoms with van der Waals surface area (Å²) in [4.78, 5) is 15.9. The lowest BCUT2D eigenvalue weighted by Gasteiger charge is -2.13. The molecule has 0 fully saturated rings. The molecule has 3 aromatic rings. The van der Waals surface area contributed by atoms with Gasteiger partial charge in [0.2, 0.25) is 11.8 Å². The average Bonchev–Trinajstić information content (AvgIpc) is 3.27. The van der Waals surface area contributed by atoms with Crippen molar-refractivity contribution in [2.45, 2.75) is 31.2 Å². The first kappa shape index (κ1) is 17.2. The molecule has 3 heterocycles. The summed E-state index contributed by atoms with van der Waals surface area (Å²) in [5.41, 5.74) is 0.819. The highest BCUT2D eigenvalue weighted by molar-refractivity contribution is 7.99. The van der Waals surface area contributed by atoms with Gasteiger partial charge in [0.25, 0.3) is 5.22 Å². The Hall–Kier alpha value is -2.68. The Morgan fingerprint density at radius 1 is 1.32 bits per heavy atom. The molecule has 0 bridgehead atoms. The summed E-state index contributed by atoms with van der Waals surface area (Å²) in [6.45, 7) is 2.59. The van der Waals surface area contributed by atoms with E-state index >= 15 is 0 Å². The number of hydrogen-bond donors (Lipinski definition) is 1. The predicted octanol–water partition coefficient (Wildman–Crippen LogP) is 2.02. The van der Waals surface area contributed by atoms with E-state index < -0.39 is 0 Å². The third-order valence-electron chi connectivity index (χ3n) is 3.32. The molecule has 1 atom stereocenters. The largest absolute Gasteiger partial charge is 0.411 e. The van der Waals surface area contributed by atoms with Crippen LogP contribution in [0.3, 0.4) is 0 Å². The van der Waals surface area contributed by atoms with Gasteiger partial charge in [-0.25, -0.2) is 0 Å². The molecule has 130 valence electrons. The third kappa shape index (κ3) is 5.15. The fourth-order valence-electron chi connectivity index (χ4n) is 2.19. The van der Waals surface area contributed by atoms with Crippen LogP contribution in [0.15, 0.2) is 52.6 Å². The lowest BCUT2D eigenvalue weighted by Crippen LogP contribution is -2.35. The van der Waals surface area contributed by atoms with Crippen LogP contribution in [0.5, 0.6) is 0 Å². The Balaban J connectivity index is 1.40. The first-order valence-electron chi connectivity index (χ1n) is 7.84. The van der Waals surface area contributed by atoms with Gasteiger partial charge in [-0.2, -0.15) is 5.10 Å². The Morgan fingerprint density at radius 2 is 2.16 bits per heavy atom. The van der Waals surface area contributed by atoms with Crippen molar-refractivity contribution in [3.05, 3.63) is 43.0 Å². The van der Waals surface area contributed by atoms with Crippen molar-refractivity contribution in [1.82, 2.24) is 30.3 Å². The van der Waals surface area contributed by atoms with Crippen molar-refractivity contribution >= 4 is 17.7 Å². The van der Waals surface area contributed by atoms with E-state index in [9.17, 15) is 4.79 Å². The van der Waals surface area contributed by atoms with Crippen molar-refractivity contribution < 1.29 is 9.21 Å². The van der Waals surface area contributed by atoms with E-state index in [0.717, 1.165) is 5.56 Å². The van der Waals surface area contributed by atoms with Crippen LogP contribution >= 0.6 is 11.8 Å². The van der Waals surface area contributed by atoms with Gasteiger partial charge in [-0.1, -0.05) is 11.8 Å². The number of amides is 1. The smallest absolute Gasteiger partial charge is 0.276 e. The fraction of sp³-hybridized carbons (Fsp3) is 0.312. The van der Waals surface area contributed by atoms with Crippen LogP contribution in [-0.2, 0) is 11.3 Å². The second-order valence-electron chi connectivity index (χ2n) is 5.40. The van der Waals surface area contributed by atoms with Gasteiger partial charge in [0.15, 0.2) is 0 Å². The molecule has 25 heavy (non-hydrogen) atoms. The van der Waals surface area contributed by atoms with E-state index in [1.165, 1.54) is 11.8 Å². The highest BCUT2D eigenvalue weighted by Gasteiger charge is 2.11. The zero-order valence-corrected chi connectivity index (χ0v) is 14.5. The molecule has 1 amide bonds.